The molecule has 0 saturated carbocycles. The van der Waals surface area contributed by atoms with E-state index < -0.39 is 28.5 Å². The molecular weight excluding hydrogens is 460 g/mol. The molecule has 0 aliphatic heterocycles. The number of hydrogen-bond donors (Lipinski definition) is 1. The average Bonchev–Trinajstić information content (AvgIpc) is 2.68. The van der Waals surface area contributed by atoms with Crippen molar-refractivity contribution in [1.29, 1.82) is 0 Å². The Labute approximate surface area is 179 Å². The molecule has 2 rings (SSSR count). The van der Waals surface area contributed by atoms with Gasteiger partial charge in [0.15, 0.2) is 6.61 Å². The number of halogens is 1. The SMILES string of the molecule is CCN(CC)S(=O)(=O)c1cc(NC(=O)COC(=O)c2cccc(Br)c2)ccc1C. The normalized spacial score (nSPS) is 11.3. The molecule has 2 aromatic rings. The van der Waals surface area contributed by atoms with Crippen LogP contribution in [-0.2, 0) is 19.6 Å². The van der Waals surface area contributed by atoms with E-state index in [9.17, 15) is 18.0 Å². The van der Waals surface area contributed by atoms with E-state index >= 15 is 0 Å². The quantitative estimate of drug-likeness (QED) is 0.580. The van der Waals surface area contributed by atoms with Crippen molar-refractivity contribution in [2.24, 2.45) is 0 Å². The van der Waals surface area contributed by atoms with Crippen molar-refractivity contribution in [2.75, 3.05) is 25.0 Å². The van der Waals surface area contributed by atoms with Gasteiger partial charge in [-0.3, -0.25) is 4.79 Å². The number of sulfonamides is 1. The Morgan fingerprint density at radius 3 is 2.41 bits per heavy atom. The van der Waals surface area contributed by atoms with Crippen molar-refractivity contribution in [1.82, 2.24) is 4.31 Å². The van der Waals surface area contributed by atoms with Crippen LogP contribution in [0, 0.1) is 6.92 Å². The molecule has 1 amide bonds. The summed E-state index contributed by atoms with van der Waals surface area (Å²) in [4.78, 5) is 24.3. The van der Waals surface area contributed by atoms with E-state index in [1.807, 2.05) is 0 Å². The summed E-state index contributed by atoms with van der Waals surface area (Å²) in [6, 6.07) is 11.3. The number of hydrogen-bond acceptors (Lipinski definition) is 5. The third-order valence-electron chi connectivity index (χ3n) is 4.19. The first-order chi connectivity index (χ1) is 13.7. The fourth-order valence-corrected chi connectivity index (χ4v) is 4.79. The smallest absolute Gasteiger partial charge is 0.338 e. The number of nitrogens with zero attached hydrogens (tertiary/aromatic N) is 1. The van der Waals surface area contributed by atoms with Gasteiger partial charge in [0.05, 0.1) is 10.5 Å². The highest BCUT2D eigenvalue weighted by atomic mass is 79.9. The molecule has 0 radical (unpaired) electrons. The van der Waals surface area contributed by atoms with Crippen LogP contribution in [-0.4, -0.2) is 44.3 Å². The topological polar surface area (TPSA) is 92.8 Å². The zero-order chi connectivity index (χ0) is 21.6. The Morgan fingerprint density at radius 2 is 1.79 bits per heavy atom. The predicted molar refractivity (Wildman–Crippen MR) is 114 cm³/mol. The molecule has 29 heavy (non-hydrogen) atoms. The van der Waals surface area contributed by atoms with Crippen LogP contribution < -0.4 is 5.32 Å². The van der Waals surface area contributed by atoms with Crippen LogP contribution in [0.3, 0.4) is 0 Å². The van der Waals surface area contributed by atoms with Gasteiger partial charge in [-0.05, 0) is 42.8 Å². The maximum atomic E-state index is 12.8. The van der Waals surface area contributed by atoms with Gasteiger partial charge in [-0.15, -0.1) is 0 Å². The van der Waals surface area contributed by atoms with Gasteiger partial charge < -0.3 is 10.1 Å². The van der Waals surface area contributed by atoms with Gasteiger partial charge in [-0.1, -0.05) is 41.9 Å². The lowest BCUT2D eigenvalue weighted by Gasteiger charge is -2.20. The third kappa shape index (κ3) is 5.88. The first-order valence-electron chi connectivity index (χ1n) is 9.02. The highest BCUT2D eigenvalue weighted by molar-refractivity contribution is 9.10. The standard InChI is InChI=1S/C20H23BrN2O5S/c1-4-23(5-2)29(26,27)18-12-17(10-9-14(18)3)22-19(24)13-28-20(25)15-7-6-8-16(21)11-15/h6-12H,4-5,13H2,1-3H3,(H,22,24). The van der Waals surface area contributed by atoms with Crippen molar-refractivity contribution >= 4 is 43.5 Å². The summed E-state index contributed by atoms with van der Waals surface area (Å²) >= 11 is 3.26. The molecule has 0 aliphatic rings. The van der Waals surface area contributed by atoms with Crippen LogP contribution in [0.2, 0.25) is 0 Å². The van der Waals surface area contributed by atoms with E-state index in [4.69, 9.17) is 4.74 Å². The Morgan fingerprint density at radius 1 is 1.10 bits per heavy atom. The van der Waals surface area contributed by atoms with Gasteiger partial charge in [0, 0.05) is 23.2 Å². The number of rotatable bonds is 8. The van der Waals surface area contributed by atoms with Gasteiger partial charge in [0.1, 0.15) is 0 Å². The summed E-state index contributed by atoms with van der Waals surface area (Å²) in [5, 5.41) is 2.57. The maximum absolute atomic E-state index is 12.8. The predicted octanol–water partition coefficient (Wildman–Crippen LogP) is 3.58. The molecule has 0 spiro atoms. The molecule has 0 saturated heterocycles. The summed E-state index contributed by atoms with van der Waals surface area (Å²) < 4.78 is 32.7. The summed E-state index contributed by atoms with van der Waals surface area (Å²) in [6.07, 6.45) is 0. The summed E-state index contributed by atoms with van der Waals surface area (Å²) in [5.74, 6) is -1.20. The monoisotopic (exact) mass is 482 g/mol. The lowest BCUT2D eigenvalue weighted by Crippen LogP contribution is -2.31. The molecular formula is C20H23BrN2O5S. The zero-order valence-corrected chi connectivity index (χ0v) is 18.8. The Hall–Kier alpha value is -2.23. The number of ether oxygens (including phenoxy) is 1. The fraction of sp³-hybridized carbons (Fsp3) is 0.300. The highest BCUT2D eigenvalue weighted by Gasteiger charge is 2.24. The van der Waals surface area contributed by atoms with Crippen LogP contribution in [0.1, 0.15) is 29.8 Å². The lowest BCUT2D eigenvalue weighted by atomic mass is 10.2. The van der Waals surface area contributed by atoms with Gasteiger partial charge in [-0.25, -0.2) is 13.2 Å². The number of amides is 1. The van der Waals surface area contributed by atoms with Gasteiger partial charge >= 0.3 is 5.97 Å². The second-order valence-electron chi connectivity index (χ2n) is 6.20. The molecule has 0 aliphatic carbocycles. The second-order valence-corrected chi connectivity index (χ2v) is 9.03. The van der Waals surface area contributed by atoms with Gasteiger partial charge in [0.2, 0.25) is 10.0 Å². The van der Waals surface area contributed by atoms with Crippen LogP contribution in [0.5, 0.6) is 0 Å². The number of esters is 1. The van der Waals surface area contributed by atoms with Gasteiger partial charge in [0.25, 0.3) is 5.91 Å². The minimum Gasteiger partial charge on any atom is -0.452 e. The van der Waals surface area contributed by atoms with Crippen molar-refractivity contribution in [3.8, 4) is 0 Å². The molecule has 0 aromatic heterocycles. The van der Waals surface area contributed by atoms with E-state index in [1.54, 1.807) is 57.2 Å². The summed E-state index contributed by atoms with van der Waals surface area (Å²) in [5.41, 5.74) is 1.20. The number of carbonyl (C=O) groups excluding carboxylic acids is 2. The Kier molecular flexibility index (Phi) is 7.95. The molecule has 0 unspecified atom stereocenters. The number of aryl methyl sites for hydroxylation is 1. The molecule has 0 fully saturated rings. The number of anilines is 1. The van der Waals surface area contributed by atoms with E-state index in [1.165, 1.54) is 10.4 Å². The summed E-state index contributed by atoms with van der Waals surface area (Å²) in [7, 11) is -3.66. The molecule has 0 bridgehead atoms. The third-order valence-corrected chi connectivity index (χ3v) is 6.87. The van der Waals surface area contributed by atoms with Gasteiger partial charge in [-0.2, -0.15) is 4.31 Å². The fourth-order valence-electron chi connectivity index (χ4n) is 2.69. The van der Waals surface area contributed by atoms with Crippen molar-refractivity contribution in [2.45, 2.75) is 25.7 Å². The second kappa shape index (κ2) is 10.00. The number of benzene rings is 2. The Balaban J connectivity index is 2.08. The molecule has 7 nitrogen and oxygen atoms in total. The van der Waals surface area contributed by atoms with Crippen LogP contribution in [0.15, 0.2) is 51.8 Å². The number of carbonyl (C=O) groups is 2. The Bertz CT molecular complexity index is 1000. The molecule has 1 N–H and O–H groups in total. The molecule has 2 aromatic carbocycles. The first kappa shape index (κ1) is 23.1. The average molecular weight is 483 g/mol. The zero-order valence-electron chi connectivity index (χ0n) is 16.4. The first-order valence-corrected chi connectivity index (χ1v) is 11.3. The molecule has 9 heteroatoms. The minimum atomic E-state index is -3.66. The molecule has 0 atom stereocenters. The summed E-state index contributed by atoms with van der Waals surface area (Å²) in [6.45, 7) is 5.43. The molecule has 156 valence electrons. The van der Waals surface area contributed by atoms with Crippen LogP contribution in [0.4, 0.5) is 5.69 Å². The van der Waals surface area contributed by atoms with E-state index in [2.05, 4.69) is 21.2 Å². The van der Waals surface area contributed by atoms with Crippen molar-refractivity contribution in [3.05, 3.63) is 58.1 Å². The minimum absolute atomic E-state index is 0.130. The largest absolute Gasteiger partial charge is 0.452 e. The van der Waals surface area contributed by atoms with E-state index in [0.29, 0.717) is 29.9 Å². The van der Waals surface area contributed by atoms with Crippen LogP contribution in [0.25, 0.3) is 0 Å². The van der Waals surface area contributed by atoms with E-state index in [-0.39, 0.29) is 4.90 Å². The van der Waals surface area contributed by atoms with Crippen LogP contribution >= 0.6 is 15.9 Å². The van der Waals surface area contributed by atoms with E-state index in [0.717, 1.165) is 4.47 Å². The highest BCUT2D eigenvalue weighted by Crippen LogP contribution is 2.23. The maximum Gasteiger partial charge on any atom is 0.338 e. The number of nitrogens with one attached hydrogen (secondary N) is 1. The molecule has 0 heterocycles. The van der Waals surface area contributed by atoms with Crippen molar-refractivity contribution in [3.63, 3.8) is 0 Å². The lowest BCUT2D eigenvalue weighted by molar-refractivity contribution is -0.119. The van der Waals surface area contributed by atoms with Crippen molar-refractivity contribution < 1.29 is 22.7 Å².